The minimum absolute atomic E-state index is 0. The second-order valence-electron chi connectivity index (χ2n) is 4.98. The molecule has 0 unspecified atom stereocenters. The SMILES string of the molecule is CC1(N)COC2(CCC(N)CC2)OC1.Cl.Cl. The Morgan fingerprint density at radius 2 is 1.50 bits per heavy atom. The van der Waals surface area contributed by atoms with Crippen LogP contribution in [0.2, 0.25) is 0 Å². The maximum absolute atomic E-state index is 5.92. The maximum Gasteiger partial charge on any atom is 0.168 e. The smallest absolute Gasteiger partial charge is 0.168 e. The van der Waals surface area contributed by atoms with Crippen molar-refractivity contribution in [1.82, 2.24) is 0 Å². The average Bonchev–Trinajstić information content (AvgIpc) is 2.16. The highest BCUT2D eigenvalue weighted by molar-refractivity contribution is 5.85. The van der Waals surface area contributed by atoms with E-state index in [1.165, 1.54) is 0 Å². The summed E-state index contributed by atoms with van der Waals surface area (Å²) >= 11 is 0. The third-order valence-corrected chi connectivity index (χ3v) is 3.12. The van der Waals surface area contributed by atoms with Gasteiger partial charge in [0, 0.05) is 18.9 Å². The molecule has 1 saturated carbocycles. The molecule has 4 nitrogen and oxygen atoms in total. The molecule has 2 rings (SSSR count). The maximum atomic E-state index is 5.92. The van der Waals surface area contributed by atoms with Crippen LogP contribution in [0.15, 0.2) is 0 Å². The van der Waals surface area contributed by atoms with Gasteiger partial charge in [0.2, 0.25) is 0 Å². The van der Waals surface area contributed by atoms with Crippen molar-refractivity contribution in [2.45, 2.75) is 50.0 Å². The summed E-state index contributed by atoms with van der Waals surface area (Å²) in [6.45, 7) is 3.12. The minimum atomic E-state index is -0.366. The van der Waals surface area contributed by atoms with Gasteiger partial charge in [-0.3, -0.25) is 0 Å². The fourth-order valence-corrected chi connectivity index (χ4v) is 2.04. The summed E-state index contributed by atoms with van der Waals surface area (Å²) in [6.07, 6.45) is 3.79. The first-order valence-corrected chi connectivity index (χ1v) is 5.34. The summed E-state index contributed by atoms with van der Waals surface area (Å²) in [5.41, 5.74) is 11.4. The lowest BCUT2D eigenvalue weighted by Gasteiger charge is -2.46. The lowest BCUT2D eigenvalue weighted by Crippen LogP contribution is -2.58. The van der Waals surface area contributed by atoms with Crippen LogP contribution in [-0.2, 0) is 9.47 Å². The number of nitrogens with two attached hydrogens (primary N) is 2. The Balaban J connectivity index is 0.00000112. The van der Waals surface area contributed by atoms with Gasteiger partial charge in [-0.1, -0.05) is 0 Å². The zero-order valence-electron chi connectivity index (χ0n) is 9.61. The van der Waals surface area contributed by atoms with Gasteiger partial charge in [0.1, 0.15) is 0 Å². The van der Waals surface area contributed by atoms with Crippen LogP contribution in [-0.4, -0.2) is 30.6 Å². The molecular weight excluding hydrogens is 251 g/mol. The van der Waals surface area contributed by atoms with Crippen LogP contribution in [0.1, 0.15) is 32.6 Å². The molecule has 1 aliphatic carbocycles. The molecule has 1 heterocycles. The van der Waals surface area contributed by atoms with Gasteiger partial charge in [0.05, 0.1) is 18.8 Å². The molecule has 98 valence electrons. The first-order chi connectivity index (χ1) is 6.52. The lowest BCUT2D eigenvalue weighted by molar-refractivity contribution is -0.297. The van der Waals surface area contributed by atoms with E-state index in [9.17, 15) is 0 Å². The summed E-state index contributed by atoms with van der Waals surface area (Å²) < 4.78 is 11.5. The molecule has 1 saturated heterocycles. The molecule has 0 amide bonds. The first-order valence-electron chi connectivity index (χ1n) is 5.34. The molecular formula is C10H22Cl2N2O2. The van der Waals surface area contributed by atoms with Crippen LogP contribution < -0.4 is 11.5 Å². The molecule has 0 bridgehead atoms. The van der Waals surface area contributed by atoms with Gasteiger partial charge < -0.3 is 20.9 Å². The molecule has 0 radical (unpaired) electrons. The molecule has 2 aliphatic rings. The standard InChI is InChI=1S/C10H20N2O2.2ClH/c1-9(12)6-13-10(14-7-9)4-2-8(11)3-5-10;;/h8H,2-7,11-12H2,1H3;2*1H. The number of ether oxygens (including phenoxy) is 2. The summed E-state index contributed by atoms with van der Waals surface area (Å²) in [7, 11) is 0. The quantitative estimate of drug-likeness (QED) is 0.695. The third kappa shape index (κ3) is 3.72. The van der Waals surface area contributed by atoms with Gasteiger partial charge in [0.25, 0.3) is 0 Å². The van der Waals surface area contributed by atoms with Gasteiger partial charge in [0.15, 0.2) is 5.79 Å². The number of rotatable bonds is 0. The second-order valence-corrected chi connectivity index (χ2v) is 4.98. The fourth-order valence-electron chi connectivity index (χ4n) is 2.04. The molecule has 4 N–H and O–H groups in total. The van der Waals surface area contributed by atoms with Crippen LogP contribution >= 0.6 is 24.8 Å². The summed E-state index contributed by atoms with van der Waals surface area (Å²) in [4.78, 5) is 0. The highest BCUT2D eigenvalue weighted by atomic mass is 35.5. The number of halogens is 2. The van der Waals surface area contributed by atoms with Crippen LogP contribution in [0.4, 0.5) is 0 Å². The van der Waals surface area contributed by atoms with Crippen molar-refractivity contribution >= 4 is 24.8 Å². The fraction of sp³-hybridized carbons (Fsp3) is 1.00. The van der Waals surface area contributed by atoms with Crippen molar-refractivity contribution in [3.05, 3.63) is 0 Å². The van der Waals surface area contributed by atoms with Crippen LogP contribution in [0.25, 0.3) is 0 Å². The predicted octanol–water partition coefficient (Wildman–Crippen LogP) is 1.19. The van der Waals surface area contributed by atoms with Crippen molar-refractivity contribution in [3.63, 3.8) is 0 Å². The highest BCUT2D eigenvalue weighted by Crippen LogP contribution is 2.35. The molecule has 16 heavy (non-hydrogen) atoms. The van der Waals surface area contributed by atoms with E-state index in [2.05, 4.69) is 0 Å². The number of hydrogen-bond donors (Lipinski definition) is 2. The van der Waals surface area contributed by atoms with E-state index in [1.54, 1.807) is 0 Å². The average molecular weight is 273 g/mol. The summed E-state index contributed by atoms with van der Waals surface area (Å²) in [5.74, 6) is -0.366. The van der Waals surface area contributed by atoms with Crippen molar-refractivity contribution in [2.24, 2.45) is 11.5 Å². The highest BCUT2D eigenvalue weighted by Gasteiger charge is 2.42. The monoisotopic (exact) mass is 272 g/mol. The zero-order valence-corrected chi connectivity index (χ0v) is 11.2. The minimum Gasteiger partial charge on any atom is -0.348 e. The molecule has 0 aromatic carbocycles. The Kier molecular flexibility index (Phi) is 6.00. The first kappa shape index (κ1) is 16.4. The molecule has 0 aromatic heterocycles. The molecule has 0 atom stereocenters. The van der Waals surface area contributed by atoms with Crippen molar-refractivity contribution in [2.75, 3.05) is 13.2 Å². The molecule has 1 aliphatic heterocycles. The van der Waals surface area contributed by atoms with Gasteiger partial charge in [-0.15, -0.1) is 24.8 Å². The molecule has 1 spiro atoms. The van der Waals surface area contributed by atoms with Gasteiger partial charge in [-0.05, 0) is 19.8 Å². The Morgan fingerprint density at radius 3 is 1.94 bits per heavy atom. The van der Waals surface area contributed by atoms with Gasteiger partial charge in [-0.25, -0.2) is 0 Å². The van der Waals surface area contributed by atoms with E-state index in [0.717, 1.165) is 25.7 Å². The Hall–Kier alpha value is 0.420. The Bertz CT molecular complexity index is 207. The Morgan fingerprint density at radius 1 is 1.06 bits per heavy atom. The third-order valence-electron chi connectivity index (χ3n) is 3.12. The topological polar surface area (TPSA) is 70.5 Å². The summed E-state index contributed by atoms with van der Waals surface area (Å²) in [5, 5.41) is 0. The van der Waals surface area contributed by atoms with Crippen molar-refractivity contribution in [1.29, 1.82) is 0 Å². The van der Waals surface area contributed by atoms with E-state index >= 15 is 0 Å². The zero-order chi connectivity index (χ0) is 10.2. The normalized spacial score (nSPS) is 43.3. The van der Waals surface area contributed by atoms with Crippen molar-refractivity contribution < 1.29 is 9.47 Å². The van der Waals surface area contributed by atoms with E-state index in [4.69, 9.17) is 20.9 Å². The van der Waals surface area contributed by atoms with Gasteiger partial charge in [-0.2, -0.15) is 0 Å². The largest absolute Gasteiger partial charge is 0.348 e. The lowest BCUT2D eigenvalue weighted by atomic mass is 9.89. The van der Waals surface area contributed by atoms with E-state index < -0.39 is 0 Å². The van der Waals surface area contributed by atoms with E-state index in [1.807, 2.05) is 6.92 Å². The van der Waals surface area contributed by atoms with Crippen LogP contribution in [0, 0.1) is 0 Å². The number of hydrogen-bond acceptors (Lipinski definition) is 4. The second kappa shape index (κ2) is 5.85. The predicted molar refractivity (Wildman–Crippen MR) is 68.2 cm³/mol. The Labute approximate surface area is 109 Å². The van der Waals surface area contributed by atoms with E-state index in [-0.39, 0.29) is 36.1 Å². The summed E-state index contributed by atoms with van der Waals surface area (Å²) in [6, 6.07) is 0.319. The van der Waals surface area contributed by atoms with E-state index in [0.29, 0.717) is 19.3 Å². The van der Waals surface area contributed by atoms with Crippen molar-refractivity contribution in [3.8, 4) is 0 Å². The molecule has 0 aromatic rings. The molecule has 2 fully saturated rings. The van der Waals surface area contributed by atoms with Gasteiger partial charge >= 0.3 is 0 Å². The van der Waals surface area contributed by atoms with Crippen LogP contribution in [0.5, 0.6) is 0 Å². The molecule has 6 heteroatoms. The van der Waals surface area contributed by atoms with Crippen LogP contribution in [0.3, 0.4) is 0 Å².